The van der Waals surface area contributed by atoms with Gasteiger partial charge in [0.15, 0.2) is 11.5 Å². The summed E-state index contributed by atoms with van der Waals surface area (Å²) >= 11 is 0. The molecule has 0 aliphatic carbocycles. The highest BCUT2D eigenvalue weighted by molar-refractivity contribution is 5.77. The number of hydrogen-bond acceptors (Lipinski definition) is 5. The van der Waals surface area contributed by atoms with E-state index < -0.39 is 0 Å². The van der Waals surface area contributed by atoms with Crippen LogP contribution in [0.15, 0.2) is 22.6 Å². The first kappa shape index (κ1) is 12.9. The van der Waals surface area contributed by atoms with Gasteiger partial charge < -0.3 is 19.5 Å². The molecular formula is C13H18N2O3. The predicted octanol–water partition coefficient (Wildman–Crippen LogP) is 1.32. The number of oxazole rings is 1. The second-order valence-electron chi connectivity index (χ2n) is 4.34. The molecule has 0 saturated heterocycles. The van der Waals surface area contributed by atoms with Crippen LogP contribution in [0.25, 0.3) is 11.1 Å². The summed E-state index contributed by atoms with van der Waals surface area (Å²) in [6.45, 7) is 1.87. The van der Waals surface area contributed by atoms with Crippen molar-refractivity contribution >= 4 is 16.8 Å². The van der Waals surface area contributed by atoms with Gasteiger partial charge in [-0.2, -0.15) is 0 Å². The third-order valence-corrected chi connectivity index (χ3v) is 3.11. The maximum absolute atomic E-state index is 9.32. The summed E-state index contributed by atoms with van der Waals surface area (Å²) in [6, 6.07) is 5.62. The van der Waals surface area contributed by atoms with Crippen LogP contribution >= 0.6 is 0 Å². The SMILES string of the molecule is Cc1nc2cc(N(C)C(CO)CCO)ccc2o1. The lowest BCUT2D eigenvalue weighted by molar-refractivity contribution is 0.218. The van der Waals surface area contributed by atoms with Crippen LogP contribution < -0.4 is 4.90 Å². The van der Waals surface area contributed by atoms with Gasteiger partial charge in [-0.1, -0.05) is 0 Å². The number of aliphatic hydroxyl groups is 2. The molecule has 0 bridgehead atoms. The van der Waals surface area contributed by atoms with E-state index in [-0.39, 0.29) is 19.3 Å². The second kappa shape index (κ2) is 5.37. The fraction of sp³-hybridized carbons (Fsp3) is 0.462. The van der Waals surface area contributed by atoms with Gasteiger partial charge in [-0.15, -0.1) is 0 Å². The molecule has 0 saturated carbocycles. The number of anilines is 1. The quantitative estimate of drug-likeness (QED) is 0.837. The van der Waals surface area contributed by atoms with Crippen LogP contribution in [0.3, 0.4) is 0 Å². The van der Waals surface area contributed by atoms with Gasteiger partial charge in [-0.05, 0) is 24.6 Å². The van der Waals surface area contributed by atoms with Crippen LogP contribution in [0.1, 0.15) is 12.3 Å². The van der Waals surface area contributed by atoms with E-state index in [0.29, 0.717) is 12.3 Å². The molecule has 0 fully saturated rings. The molecule has 0 amide bonds. The van der Waals surface area contributed by atoms with Crippen LogP contribution in [0.2, 0.25) is 0 Å². The number of aliphatic hydroxyl groups excluding tert-OH is 2. The fourth-order valence-corrected chi connectivity index (χ4v) is 2.02. The molecule has 0 radical (unpaired) electrons. The molecule has 2 N–H and O–H groups in total. The lowest BCUT2D eigenvalue weighted by Crippen LogP contribution is -2.35. The van der Waals surface area contributed by atoms with Crippen LogP contribution in [0.5, 0.6) is 0 Å². The van der Waals surface area contributed by atoms with Crippen molar-refractivity contribution in [3.63, 3.8) is 0 Å². The molecule has 5 heteroatoms. The molecule has 0 aliphatic heterocycles. The van der Waals surface area contributed by atoms with E-state index in [1.54, 1.807) is 0 Å². The zero-order valence-electron chi connectivity index (χ0n) is 10.6. The smallest absolute Gasteiger partial charge is 0.192 e. The first-order valence-electron chi connectivity index (χ1n) is 5.97. The largest absolute Gasteiger partial charge is 0.441 e. The molecule has 0 spiro atoms. The van der Waals surface area contributed by atoms with Crippen molar-refractivity contribution in [3.8, 4) is 0 Å². The molecule has 5 nitrogen and oxygen atoms in total. The zero-order chi connectivity index (χ0) is 13.1. The van der Waals surface area contributed by atoms with E-state index in [1.165, 1.54) is 0 Å². The topological polar surface area (TPSA) is 69.7 Å². The molecule has 1 aromatic carbocycles. The van der Waals surface area contributed by atoms with E-state index in [2.05, 4.69) is 4.98 Å². The van der Waals surface area contributed by atoms with E-state index in [9.17, 15) is 5.11 Å². The Balaban J connectivity index is 2.28. The Hall–Kier alpha value is -1.59. The molecule has 2 rings (SSSR count). The molecular weight excluding hydrogens is 232 g/mol. The maximum atomic E-state index is 9.32. The van der Waals surface area contributed by atoms with Crippen molar-refractivity contribution in [2.45, 2.75) is 19.4 Å². The molecule has 98 valence electrons. The molecule has 0 aliphatic rings. The number of aryl methyl sites for hydroxylation is 1. The first-order valence-corrected chi connectivity index (χ1v) is 5.97. The zero-order valence-corrected chi connectivity index (χ0v) is 10.6. The molecule has 1 unspecified atom stereocenters. The predicted molar refractivity (Wildman–Crippen MR) is 69.7 cm³/mol. The van der Waals surface area contributed by atoms with Gasteiger partial charge in [0, 0.05) is 26.3 Å². The number of aromatic nitrogens is 1. The number of fused-ring (bicyclic) bond motifs is 1. The van der Waals surface area contributed by atoms with Crippen LogP contribution in [-0.2, 0) is 0 Å². The first-order chi connectivity index (χ1) is 8.65. The molecule has 18 heavy (non-hydrogen) atoms. The minimum Gasteiger partial charge on any atom is -0.441 e. The van der Waals surface area contributed by atoms with Gasteiger partial charge in [0.1, 0.15) is 5.52 Å². The summed E-state index contributed by atoms with van der Waals surface area (Å²) in [7, 11) is 1.89. The maximum Gasteiger partial charge on any atom is 0.192 e. The number of hydrogen-bond donors (Lipinski definition) is 2. The second-order valence-corrected chi connectivity index (χ2v) is 4.34. The third-order valence-electron chi connectivity index (χ3n) is 3.11. The van der Waals surface area contributed by atoms with Crippen molar-refractivity contribution < 1.29 is 14.6 Å². The van der Waals surface area contributed by atoms with Gasteiger partial charge in [-0.25, -0.2) is 4.98 Å². The van der Waals surface area contributed by atoms with E-state index in [0.717, 1.165) is 16.8 Å². The monoisotopic (exact) mass is 250 g/mol. The number of nitrogens with zero attached hydrogens (tertiary/aromatic N) is 2. The molecule has 1 aromatic heterocycles. The highest BCUT2D eigenvalue weighted by Gasteiger charge is 2.15. The molecule has 2 aromatic rings. The lowest BCUT2D eigenvalue weighted by atomic mass is 10.1. The van der Waals surface area contributed by atoms with E-state index >= 15 is 0 Å². The average molecular weight is 250 g/mol. The van der Waals surface area contributed by atoms with E-state index in [4.69, 9.17) is 9.52 Å². The normalized spacial score (nSPS) is 12.9. The summed E-state index contributed by atoms with van der Waals surface area (Å²) in [5.74, 6) is 0.638. The minimum atomic E-state index is -0.0968. The van der Waals surface area contributed by atoms with Crippen LogP contribution in [-0.4, -0.2) is 41.5 Å². The van der Waals surface area contributed by atoms with Gasteiger partial charge in [0.2, 0.25) is 0 Å². The van der Waals surface area contributed by atoms with Gasteiger partial charge in [0.25, 0.3) is 0 Å². The Morgan fingerprint density at radius 2 is 2.17 bits per heavy atom. The third kappa shape index (κ3) is 2.47. The fourth-order valence-electron chi connectivity index (χ4n) is 2.02. The minimum absolute atomic E-state index is 0.00689. The van der Waals surface area contributed by atoms with Gasteiger partial charge in [-0.3, -0.25) is 0 Å². The van der Waals surface area contributed by atoms with Crippen LogP contribution in [0.4, 0.5) is 5.69 Å². The van der Waals surface area contributed by atoms with Gasteiger partial charge >= 0.3 is 0 Å². The van der Waals surface area contributed by atoms with Crippen molar-refractivity contribution in [2.24, 2.45) is 0 Å². The standard InChI is InChI=1S/C13H18N2O3/c1-9-14-12-7-10(3-4-13(12)18-9)15(2)11(8-17)5-6-16/h3-4,7,11,16-17H,5-6,8H2,1-2H3. The van der Waals surface area contributed by atoms with Crippen molar-refractivity contribution in [2.75, 3.05) is 25.2 Å². The Morgan fingerprint density at radius 3 is 2.83 bits per heavy atom. The number of likely N-dealkylation sites (N-methyl/N-ethyl adjacent to an activating group) is 1. The summed E-state index contributed by atoms with van der Waals surface area (Å²) in [5.41, 5.74) is 2.51. The lowest BCUT2D eigenvalue weighted by Gasteiger charge is -2.28. The number of rotatable bonds is 5. The Kier molecular flexibility index (Phi) is 3.84. The van der Waals surface area contributed by atoms with Crippen LogP contribution in [0, 0.1) is 6.92 Å². The summed E-state index contributed by atoms with van der Waals surface area (Å²) in [6.07, 6.45) is 0.531. The Labute approximate surface area is 106 Å². The number of benzene rings is 1. The highest BCUT2D eigenvalue weighted by atomic mass is 16.3. The van der Waals surface area contributed by atoms with Crippen molar-refractivity contribution in [1.82, 2.24) is 4.98 Å². The summed E-state index contributed by atoms with van der Waals surface area (Å²) < 4.78 is 5.42. The molecule has 1 atom stereocenters. The Morgan fingerprint density at radius 1 is 1.39 bits per heavy atom. The van der Waals surface area contributed by atoms with Gasteiger partial charge in [0.05, 0.1) is 12.6 Å². The summed E-state index contributed by atoms with van der Waals surface area (Å²) in [5, 5.41) is 18.3. The average Bonchev–Trinajstić information content (AvgIpc) is 2.74. The summed E-state index contributed by atoms with van der Waals surface area (Å²) in [4.78, 5) is 6.23. The molecule has 1 heterocycles. The highest BCUT2D eigenvalue weighted by Crippen LogP contribution is 2.23. The van der Waals surface area contributed by atoms with E-state index in [1.807, 2.05) is 37.1 Å². The van der Waals surface area contributed by atoms with Crippen molar-refractivity contribution in [1.29, 1.82) is 0 Å². The van der Waals surface area contributed by atoms with Crippen molar-refractivity contribution in [3.05, 3.63) is 24.1 Å². The Bertz CT molecular complexity index is 524.